The van der Waals surface area contributed by atoms with E-state index in [0.29, 0.717) is 24.0 Å². The summed E-state index contributed by atoms with van der Waals surface area (Å²) in [6.45, 7) is 1.64. The first-order chi connectivity index (χ1) is 15.0. The molecule has 0 aromatic heterocycles. The molecule has 0 aliphatic rings. The smallest absolute Gasteiger partial charge is 0.339 e. The lowest BCUT2D eigenvalue weighted by atomic mass is 10.00. The summed E-state index contributed by atoms with van der Waals surface area (Å²) in [4.78, 5) is 12.6. The SMILES string of the molecule is CCC[C@H](NCC#N)C(=O)N[C@H](c1ccc(-c2ccc(S(C)(=O)=O)cc2)cc1)C(F)(F)F. The summed E-state index contributed by atoms with van der Waals surface area (Å²) in [6, 6.07) is 10.2. The van der Waals surface area contributed by atoms with Crippen molar-refractivity contribution in [1.29, 1.82) is 5.26 Å². The molecule has 32 heavy (non-hydrogen) atoms. The van der Waals surface area contributed by atoms with Crippen molar-refractivity contribution in [2.24, 2.45) is 0 Å². The highest BCUT2D eigenvalue weighted by atomic mass is 32.2. The van der Waals surface area contributed by atoms with Crippen molar-refractivity contribution in [2.45, 2.75) is 42.9 Å². The minimum atomic E-state index is -4.72. The van der Waals surface area contributed by atoms with Crippen LogP contribution in [0.1, 0.15) is 31.4 Å². The maximum absolute atomic E-state index is 13.7. The first-order valence-corrected chi connectivity index (χ1v) is 11.7. The maximum Gasteiger partial charge on any atom is 0.412 e. The van der Waals surface area contributed by atoms with Gasteiger partial charge in [0.25, 0.3) is 0 Å². The van der Waals surface area contributed by atoms with Crippen LogP contribution in [0.3, 0.4) is 0 Å². The lowest BCUT2D eigenvalue weighted by Gasteiger charge is -2.25. The summed E-state index contributed by atoms with van der Waals surface area (Å²) < 4.78 is 64.2. The van der Waals surface area contributed by atoms with E-state index >= 15 is 0 Å². The Kier molecular flexibility index (Phi) is 8.41. The van der Waals surface area contributed by atoms with E-state index in [-0.39, 0.29) is 17.0 Å². The Hall–Kier alpha value is -2.90. The zero-order valence-electron chi connectivity index (χ0n) is 17.6. The monoisotopic (exact) mass is 467 g/mol. The van der Waals surface area contributed by atoms with E-state index in [1.165, 1.54) is 36.4 Å². The van der Waals surface area contributed by atoms with Gasteiger partial charge in [0, 0.05) is 6.26 Å². The van der Waals surface area contributed by atoms with Gasteiger partial charge < -0.3 is 5.32 Å². The largest absolute Gasteiger partial charge is 0.412 e. The highest BCUT2D eigenvalue weighted by Crippen LogP contribution is 2.34. The summed E-state index contributed by atoms with van der Waals surface area (Å²) in [6.07, 6.45) is -2.79. The van der Waals surface area contributed by atoms with Crippen LogP contribution >= 0.6 is 0 Å². The molecule has 172 valence electrons. The average Bonchev–Trinajstić information content (AvgIpc) is 2.73. The number of sulfone groups is 1. The Labute approximate surface area is 185 Å². The van der Waals surface area contributed by atoms with E-state index in [9.17, 15) is 26.4 Å². The fourth-order valence-corrected chi connectivity index (χ4v) is 3.77. The van der Waals surface area contributed by atoms with Crippen LogP contribution in [0.15, 0.2) is 53.4 Å². The summed E-state index contributed by atoms with van der Waals surface area (Å²) in [5.41, 5.74) is 1.10. The van der Waals surface area contributed by atoms with E-state index < -0.39 is 34.0 Å². The molecule has 0 heterocycles. The van der Waals surface area contributed by atoms with Crippen molar-refractivity contribution in [2.75, 3.05) is 12.8 Å². The Morgan fingerprint density at radius 2 is 1.59 bits per heavy atom. The Balaban J connectivity index is 2.25. The van der Waals surface area contributed by atoms with Gasteiger partial charge in [0.15, 0.2) is 15.9 Å². The minimum absolute atomic E-state index is 0.141. The number of carbonyl (C=O) groups excluding carboxylic acids is 1. The van der Waals surface area contributed by atoms with Gasteiger partial charge in [-0.1, -0.05) is 49.7 Å². The van der Waals surface area contributed by atoms with Gasteiger partial charge in [-0.3, -0.25) is 10.1 Å². The molecular weight excluding hydrogens is 443 g/mol. The highest BCUT2D eigenvalue weighted by molar-refractivity contribution is 7.90. The van der Waals surface area contributed by atoms with E-state index in [4.69, 9.17) is 5.26 Å². The molecule has 0 spiro atoms. The summed E-state index contributed by atoms with van der Waals surface area (Å²) in [5.74, 6) is -0.829. The van der Waals surface area contributed by atoms with Crippen molar-refractivity contribution >= 4 is 15.7 Å². The third-order valence-corrected chi connectivity index (χ3v) is 5.92. The van der Waals surface area contributed by atoms with Crippen LogP contribution in [0.2, 0.25) is 0 Å². The predicted molar refractivity (Wildman–Crippen MR) is 114 cm³/mol. The van der Waals surface area contributed by atoms with Crippen LogP contribution in [-0.4, -0.2) is 39.3 Å². The molecule has 0 aliphatic heterocycles. The van der Waals surface area contributed by atoms with Crippen molar-refractivity contribution in [3.05, 3.63) is 54.1 Å². The highest BCUT2D eigenvalue weighted by Gasteiger charge is 2.42. The molecule has 6 nitrogen and oxygen atoms in total. The van der Waals surface area contributed by atoms with Gasteiger partial charge in [0.05, 0.1) is 23.6 Å². The van der Waals surface area contributed by atoms with Gasteiger partial charge in [-0.15, -0.1) is 0 Å². The second-order valence-electron chi connectivity index (χ2n) is 7.28. The van der Waals surface area contributed by atoms with Crippen LogP contribution in [-0.2, 0) is 14.6 Å². The number of rotatable bonds is 9. The van der Waals surface area contributed by atoms with E-state index in [1.54, 1.807) is 19.1 Å². The Morgan fingerprint density at radius 1 is 1.06 bits per heavy atom. The number of nitriles is 1. The molecule has 2 aromatic rings. The van der Waals surface area contributed by atoms with Crippen LogP contribution in [0.5, 0.6) is 0 Å². The first kappa shape index (κ1) is 25.4. The van der Waals surface area contributed by atoms with Crippen LogP contribution in [0.25, 0.3) is 11.1 Å². The first-order valence-electron chi connectivity index (χ1n) is 9.85. The molecule has 10 heteroatoms. The topological polar surface area (TPSA) is 99.1 Å². The minimum Gasteiger partial charge on any atom is -0.339 e. The number of hydrogen-bond acceptors (Lipinski definition) is 5. The Morgan fingerprint density at radius 3 is 2.03 bits per heavy atom. The second kappa shape index (κ2) is 10.6. The number of alkyl halides is 3. The molecule has 2 aromatic carbocycles. The Bertz CT molecular complexity index is 1060. The zero-order chi connectivity index (χ0) is 23.9. The van der Waals surface area contributed by atoms with E-state index in [1.807, 2.05) is 11.4 Å². The van der Waals surface area contributed by atoms with E-state index in [0.717, 1.165) is 6.26 Å². The molecule has 0 saturated carbocycles. The van der Waals surface area contributed by atoms with Gasteiger partial charge in [-0.05, 0) is 35.2 Å². The maximum atomic E-state index is 13.7. The summed E-state index contributed by atoms with van der Waals surface area (Å²) in [5, 5.41) is 13.4. The van der Waals surface area contributed by atoms with Gasteiger partial charge >= 0.3 is 6.18 Å². The molecule has 0 bridgehead atoms. The lowest BCUT2D eigenvalue weighted by Crippen LogP contribution is -2.48. The zero-order valence-corrected chi connectivity index (χ0v) is 18.4. The quantitative estimate of drug-likeness (QED) is 0.547. The predicted octanol–water partition coefficient (Wildman–Crippen LogP) is 3.76. The molecular formula is C22H24F3N3O3S. The molecule has 2 atom stereocenters. The third-order valence-electron chi connectivity index (χ3n) is 4.80. The average molecular weight is 468 g/mol. The van der Waals surface area contributed by atoms with Crippen LogP contribution < -0.4 is 10.6 Å². The molecule has 1 amide bonds. The number of nitrogens with zero attached hydrogens (tertiary/aromatic N) is 1. The molecule has 0 saturated heterocycles. The molecule has 0 aliphatic carbocycles. The summed E-state index contributed by atoms with van der Waals surface area (Å²) >= 11 is 0. The third kappa shape index (κ3) is 6.80. The summed E-state index contributed by atoms with van der Waals surface area (Å²) in [7, 11) is -3.35. The second-order valence-corrected chi connectivity index (χ2v) is 9.30. The van der Waals surface area contributed by atoms with Gasteiger partial charge in [-0.25, -0.2) is 8.42 Å². The lowest BCUT2D eigenvalue weighted by molar-refractivity contribution is -0.164. The molecule has 2 rings (SSSR count). The fraction of sp³-hybridized carbons (Fsp3) is 0.364. The van der Waals surface area contributed by atoms with Crippen molar-refractivity contribution < 1.29 is 26.4 Å². The number of benzene rings is 2. The van der Waals surface area contributed by atoms with Crippen molar-refractivity contribution in [3.63, 3.8) is 0 Å². The van der Waals surface area contributed by atoms with Gasteiger partial charge in [-0.2, -0.15) is 18.4 Å². The van der Waals surface area contributed by atoms with Crippen LogP contribution in [0.4, 0.5) is 13.2 Å². The normalized spacial score (nSPS) is 13.8. The molecule has 0 radical (unpaired) electrons. The number of amides is 1. The molecule has 0 unspecified atom stereocenters. The van der Waals surface area contributed by atoms with Crippen molar-refractivity contribution in [1.82, 2.24) is 10.6 Å². The standard InChI is InChI=1S/C22H24F3N3O3S/c1-3-4-19(27-14-13-26)21(29)28-20(22(23,24)25)17-7-5-15(6-8-17)16-9-11-18(12-10-16)32(2,30)31/h5-12,19-20,27H,3-4,14H2,1-2H3,(H,28,29)/t19-,20+/m0/s1. The van der Waals surface area contributed by atoms with Crippen LogP contribution in [0, 0.1) is 11.3 Å². The number of halogens is 3. The van der Waals surface area contributed by atoms with E-state index in [2.05, 4.69) is 5.32 Å². The van der Waals surface area contributed by atoms with Crippen molar-refractivity contribution in [3.8, 4) is 17.2 Å². The van der Waals surface area contributed by atoms with Gasteiger partial charge in [0.2, 0.25) is 5.91 Å². The molecule has 2 N–H and O–H groups in total. The molecule has 0 fully saturated rings. The number of hydrogen-bond donors (Lipinski definition) is 2. The number of carbonyl (C=O) groups is 1. The fourth-order valence-electron chi connectivity index (χ4n) is 3.14. The number of nitrogens with one attached hydrogen (secondary N) is 2. The van der Waals surface area contributed by atoms with Gasteiger partial charge in [0.1, 0.15) is 0 Å².